The zero-order valence-electron chi connectivity index (χ0n) is 10.6. The molecule has 1 fully saturated rings. The number of amides is 1. The lowest BCUT2D eigenvalue weighted by atomic mass is 10.0. The maximum absolute atomic E-state index is 12.1. The summed E-state index contributed by atoms with van der Waals surface area (Å²) in [4.78, 5) is 12.1. The van der Waals surface area contributed by atoms with Gasteiger partial charge in [0.25, 0.3) is 5.91 Å². The molecule has 0 aliphatic carbocycles. The summed E-state index contributed by atoms with van der Waals surface area (Å²) in [7, 11) is 1.52. The van der Waals surface area contributed by atoms with Crippen molar-refractivity contribution < 1.29 is 14.6 Å². The third kappa shape index (κ3) is 2.56. The van der Waals surface area contributed by atoms with Gasteiger partial charge in [-0.2, -0.15) is 0 Å². The summed E-state index contributed by atoms with van der Waals surface area (Å²) in [5.74, 6) is 0.230. The van der Waals surface area contributed by atoms with Crippen LogP contribution in [0.2, 0.25) is 0 Å². The topological polar surface area (TPSA) is 70.6 Å². The van der Waals surface area contributed by atoms with Gasteiger partial charge in [0.2, 0.25) is 0 Å². The lowest BCUT2D eigenvalue weighted by molar-refractivity contribution is 0.0910. The molecule has 5 heteroatoms. The summed E-state index contributed by atoms with van der Waals surface area (Å²) in [6, 6.07) is 4.62. The molecule has 0 spiro atoms. The zero-order chi connectivity index (χ0) is 13.2. The fourth-order valence-electron chi connectivity index (χ4n) is 2.09. The molecule has 1 aromatic carbocycles. The number of benzene rings is 1. The Bertz CT molecular complexity index is 454. The number of rotatable bonds is 3. The average Bonchev–Trinajstić information content (AvgIpc) is 2.76. The second-order valence-electron chi connectivity index (χ2n) is 4.82. The molecule has 5 nitrogen and oxygen atoms in total. The number of phenols is 1. The Morgan fingerprint density at radius 1 is 1.56 bits per heavy atom. The molecule has 1 heterocycles. The van der Waals surface area contributed by atoms with Crippen LogP contribution in [0.3, 0.4) is 0 Å². The molecule has 3 N–H and O–H groups in total. The van der Waals surface area contributed by atoms with E-state index in [2.05, 4.69) is 10.6 Å². The highest BCUT2D eigenvalue weighted by Gasteiger charge is 2.31. The molecule has 1 amide bonds. The molecule has 1 aliphatic rings. The first-order valence-electron chi connectivity index (χ1n) is 5.94. The highest BCUT2D eigenvalue weighted by atomic mass is 16.5. The van der Waals surface area contributed by atoms with Crippen molar-refractivity contribution >= 4 is 5.91 Å². The van der Waals surface area contributed by atoms with Gasteiger partial charge >= 0.3 is 0 Å². The lowest BCUT2D eigenvalue weighted by Crippen LogP contribution is -2.47. The van der Waals surface area contributed by atoms with Crippen molar-refractivity contribution in [2.24, 2.45) is 0 Å². The molecule has 0 radical (unpaired) electrons. The highest BCUT2D eigenvalue weighted by Crippen LogP contribution is 2.24. The van der Waals surface area contributed by atoms with E-state index in [1.807, 2.05) is 6.92 Å². The van der Waals surface area contributed by atoms with Crippen LogP contribution in [-0.4, -0.2) is 36.8 Å². The molecule has 1 aromatic rings. The summed E-state index contributed by atoms with van der Waals surface area (Å²) < 4.78 is 5.05. The maximum Gasteiger partial charge on any atom is 0.255 e. The Morgan fingerprint density at radius 3 is 2.94 bits per heavy atom. The minimum atomic E-state index is -0.280. The quantitative estimate of drug-likeness (QED) is 0.745. The summed E-state index contributed by atoms with van der Waals surface area (Å²) in [6.07, 6.45) is 0.878. The first kappa shape index (κ1) is 12.7. The van der Waals surface area contributed by atoms with Crippen molar-refractivity contribution in [3.8, 4) is 11.5 Å². The zero-order valence-corrected chi connectivity index (χ0v) is 10.6. The van der Waals surface area contributed by atoms with Crippen molar-refractivity contribution in [2.45, 2.75) is 18.9 Å². The summed E-state index contributed by atoms with van der Waals surface area (Å²) in [5.41, 5.74) is -0.0189. The van der Waals surface area contributed by atoms with E-state index in [-0.39, 0.29) is 22.8 Å². The van der Waals surface area contributed by atoms with Crippen LogP contribution in [0.5, 0.6) is 11.5 Å². The maximum atomic E-state index is 12.1. The highest BCUT2D eigenvalue weighted by molar-refractivity contribution is 5.97. The molecular formula is C13H18N2O3. The fourth-order valence-corrected chi connectivity index (χ4v) is 2.09. The van der Waals surface area contributed by atoms with Crippen molar-refractivity contribution in [1.29, 1.82) is 0 Å². The molecule has 18 heavy (non-hydrogen) atoms. The van der Waals surface area contributed by atoms with Crippen LogP contribution in [0, 0.1) is 0 Å². The summed E-state index contributed by atoms with van der Waals surface area (Å²) in [6.45, 7) is 3.62. The number of carbonyl (C=O) groups is 1. The van der Waals surface area contributed by atoms with Crippen molar-refractivity contribution in [2.75, 3.05) is 20.2 Å². The van der Waals surface area contributed by atoms with Gasteiger partial charge in [0.05, 0.1) is 18.2 Å². The van der Waals surface area contributed by atoms with Gasteiger partial charge in [-0.3, -0.25) is 4.79 Å². The summed E-state index contributed by atoms with van der Waals surface area (Å²) in [5, 5.41) is 15.9. The number of methoxy groups -OCH3 is 1. The molecule has 98 valence electrons. The SMILES string of the molecule is COc1ccc(O)c(C(=O)NC2(C)CCNC2)c1. The smallest absolute Gasteiger partial charge is 0.255 e. The molecule has 0 bridgehead atoms. The van der Waals surface area contributed by atoms with E-state index in [1.165, 1.54) is 19.2 Å². The number of carbonyl (C=O) groups excluding carboxylic acids is 1. The van der Waals surface area contributed by atoms with Crippen molar-refractivity contribution in [1.82, 2.24) is 10.6 Å². The second kappa shape index (κ2) is 4.86. The lowest BCUT2D eigenvalue weighted by Gasteiger charge is -2.24. The molecule has 0 aromatic heterocycles. The predicted molar refractivity (Wildman–Crippen MR) is 68.0 cm³/mol. The predicted octanol–water partition coefficient (Wildman–Crippen LogP) is 0.883. The van der Waals surface area contributed by atoms with Gasteiger partial charge in [0.1, 0.15) is 11.5 Å². The van der Waals surface area contributed by atoms with E-state index in [0.29, 0.717) is 5.75 Å². The van der Waals surface area contributed by atoms with Crippen molar-refractivity contribution in [3.05, 3.63) is 23.8 Å². The van der Waals surface area contributed by atoms with Gasteiger partial charge in [-0.05, 0) is 38.1 Å². The number of hydrogen-bond acceptors (Lipinski definition) is 4. The van der Waals surface area contributed by atoms with Crippen LogP contribution in [0.4, 0.5) is 0 Å². The summed E-state index contributed by atoms with van der Waals surface area (Å²) >= 11 is 0. The largest absolute Gasteiger partial charge is 0.507 e. The van der Waals surface area contributed by atoms with Gasteiger partial charge in [0, 0.05) is 6.54 Å². The second-order valence-corrected chi connectivity index (χ2v) is 4.82. The first-order chi connectivity index (χ1) is 8.54. The van der Waals surface area contributed by atoms with E-state index in [4.69, 9.17) is 4.74 Å². The minimum Gasteiger partial charge on any atom is -0.507 e. The van der Waals surface area contributed by atoms with Gasteiger partial charge < -0.3 is 20.5 Å². The molecule has 1 saturated heterocycles. The normalized spacial score (nSPS) is 22.8. The van der Waals surface area contributed by atoms with Crippen molar-refractivity contribution in [3.63, 3.8) is 0 Å². The molecule has 1 aliphatic heterocycles. The first-order valence-corrected chi connectivity index (χ1v) is 5.94. The molecule has 2 rings (SSSR count). The van der Waals surface area contributed by atoms with Crippen LogP contribution in [0.15, 0.2) is 18.2 Å². The van der Waals surface area contributed by atoms with Crippen LogP contribution in [0.25, 0.3) is 0 Å². The number of aromatic hydroxyl groups is 1. The van der Waals surface area contributed by atoms with E-state index >= 15 is 0 Å². The standard InChI is InChI=1S/C13H18N2O3/c1-13(5-6-14-8-13)15-12(17)10-7-9(18-2)3-4-11(10)16/h3-4,7,14,16H,5-6,8H2,1-2H3,(H,15,17). The third-order valence-corrected chi connectivity index (χ3v) is 3.23. The van der Waals surface area contributed by atoms with Gasteiger partial charge in [-0.25, -0.2) is 0 Å². The van der Waals surface area contributed by atoms with Crippen LogP contribution in [0.1, 0.15) is 23.7 Å². The van der Waals surface area contributed by atoms with E-state index in [1.54, 1.807) is 6.07 Å². The number of nitrogens with one attached hydrogen (secondary N) is 2. The van der Waals surface area contributed by atoms with Gasteiger partial charge in [-0.15, -0.1) is 0 Å². The van der Waals surface area contributed by atoms with E-state index in [9.17, 15) is 9.90 Å². The van der Waals surface area contributed by atoms with Gasteiger partial charge in [-0.1, -0.05) is 0 Å². The minimum absolute atomic E-state index is 0.0390. The monoisotopic (exact) mass is 250 g/mol. The Labute approximate surface area is 106 Å². The number of phenolic OH excluding ortho intramolecular Hbond substituents is 1. The Morgan fingerprint density at radius 2 is 2.33 bits per heavy atom. The van der Waals surface area contributed by atoms with Crippen LogP contribution >= 0.6 is 0 Å². The average molecular weight is 250 g/mol. The fraction of sp³-hybridized carbons (Fsp3) is 0.462. The Hall–Kier alpha value is -1.75. The van der Waals surface area contributed by atoms with Crippen LogP contribution < -0.4 is 15.4 Å². The van der Waals surface area contributed by atoms with E-state index < -0.39 is 0 Å². The Kier molecular flexibility index (Phi) is 3.43. The molecule has 0 saturated carbocycles. The number of ether oxygens (including phenoxy) is 1. The molecule has 1 unspecified atom stereocenters. The molecule has 1 atom stereocenters. The molecular weight excluding hydrogens is 232 g/mol. The Balaban J connectivity index is 2.17. The van der Waals surface area contributed by atoms with Gasteiger partial charge in [0.15, 0.2) is 0 Å². The van der Waals surface area contributed by atoms with Crippen LogP contribution in [-0.2, 0) is 0 Å². The third-order valence-electron chi connectivity index (χ3n) is 3.23. The number of hydrogen-bond donors (Lipinski definition) is 3. The van der Waals surface area contributed by atoms with E-state index in [0.717, 1.165) is 19.5 Å².